The number of nitrogens with zero attached hydrogens (tertiary/aromatic N) is 1. The summed E-state index contributed by atoms with van der Waals surface area (Å²) in [5.41, 5.74) is 2.64. The predicted octanol–water partition coefficient (Wildman–Crippen LogP) is 3.38. The SMILES string of the molecule is Cc1cccc(NC(=O)CNC(=O)c2cccnc2SC(F)F)c1C. The molecule has 0 aliphatic carbocycles. The van der Waals surface area contributed by atoms with Gasteiger partial charge >= 0.3 is 0 Å². The van der Waals surface area contributed by atoms with Crippen LogP contribution < -0.4 is 10.6 Å². The van der Waals surface area contributed by atoms with E-state index in [9.17, 15) is 18.4 Å². The second-order valence-electron chi connectivity index (χ2n) is 5.21. The van der Waals surface area contributed by atoms with Crippen molar-refractivity contribution < 1.29 is 18.4 Å². The zero-order valence-corrected chi connectivity index (χ0v) is 14.5. The highest BCUT2D eigenvalue weighted by atomic mass is 32.2. The van der Waals surface area contributed by atoms with Crippen molar-refractivity contribution in [2.75, 3.05) is 11.9 Å². The number of hydrogen-bond donors (Lipinski definition) is 2. The smallest absolute Gasteiger partial charge is 0.290 e. The van der Waals surface area contributed by atoms with Crippen LogP contribution in [0.3, 0.4) is 0 Å². The number of benzene rings is 1. The van der Waals surface area contributed by atoms with Crippen LogP contribution in [0.15, 0.2) is 41.6 Å². The number of carbonyl (C=O) groups excluding carboxylic acids is 2. The average molecular weight is 365 g/mol. The van der Waals surface area contributed by atoms with E-state index in [1.807, 2.05) is 26.0 Å². The maximum absolute atomic E-state index is 12.5. The first-order chi connectivity index (χ1) is 11.9. The minimum Gasteiger partial charge on any atom is -0.343 e. The van der Waals surface area contributed by atoms with Crippen molar-refractivity contribution >= 4 is 29.3 Å². The number of anilines is 1. The number of halogens is 2. The normalized spacial score (nSPS) is 10.6. The summed E-state index contributed by atoms with van der Waals surface area (Å²) >= 11 is 0.188. The lowest BCUT2D eigenvalue weighted by Gasteiger charge is -2.11. The first-order valence-electron chi connectivity index (χ1n) is 7.42. The Balaban J connectivity index is 1.98. The van der Waals surface area contributed by atoms with Crippen LogP contribution >= 0.6 is 11.8 Å². The van der Waals surface area contributed by atoms with Crippen molar-refractivity contribution in [3.63, 3.8) is 0 Å². The number of aryl methyl sites for hydroxylation is 1. The van der Waals surface area contributed by atoms with Crippen LogP contribution in [0.2, 0.25) is 0 Å². The van der Waals surface area contributed by atoms with Gasteiger partial charge in [0.25, 0.3) is 11.7 Å². The molecule has 2 amide bonds. The summed E-state index contributed by atoms with van der Waals surface area (Å²) in [6.07, 6.45) is 1.33. The lowest BCUT2D eigenvalue weighted by molar-refractivity contribution is -0.115. The van der Waals surface area contributed by atoms with Crippen LogP contribution in [0.5, 0.6) is 0 Å². The molecule has 2 rings (SSSR count). The molecule has 0 unspecified atom stereocenters. The predicted molar refractivity (Wildman–Crippen MR) is 93.0 cm³/mol. The minimum atomic E-state index is -2.69. The van der Waals surface area contributed by atoms with Crippen molar-refractivity contribution in [1.82, 2.24) is 10.3 Å². The van der Waals surface area contributed by atoms with Crippen molar-refractivity contribution in [2.24, 2.45) is 0 Å². The van der Waals surface area contributed by atoms with E-state index in [0.29, 0.717) is 5.69 Å². The molecule has 0 radical (unpaired) electrons. The molecule has 0 bridgehead atoms. The molecule has 25 heavy (non-hydrogen) atoms. The largest absolute Gasteiger partial charge is 0.343 e. The second kappa shape index (κ2) is 8.57. The number of alkyl halides is 2. The molecule has 1 aromatic carbocycles. The number of rotatable bonds is 6. The van der Waals surface area contributed by atoms with E-state index in [1.165, 1.54) is 18.3 Å². The van der Waals surface area contributed by atoms with Gasteiger partial charge in [-0.1, -0.05) is 12.1 Å². The van der Waals surface area contributed by atoms with Gasteiger partial charge in [0.2, 0.25) is 5.91 Å². The molecule has 1 heterocycles. The molecule has 0 aliphatic rings. The van der Waals surface area contributed by atoms with E-state index in [1.54, 1.807) is 6.07 Å². The number of hydrogen-bond acceptors (Lipinski definition) is 4. The first-order valence-corrected chi connectivity index (χ1v) is 8.30. The molecule has 2 N–H and O–H groups in total. The number of carbonyl (C=O) groups is 2. The summed E-state index contributed by atoms with van der Waals surface area (Å²) in [4.78, 5) is 27.9. The van der Waals surface area contributed by atoms with Crippen LogP contribution in [-0.2, 0) is 4.79 Å². The van der Waals surface area contributed by atoms with Gasteiger partial charge in [-0.3, -0.25) is 9.59 Å². The van der Waals surface area contributed by atoms with E-state index >= 15 is 0 Å². The number of pyridine rings is 1. The Morgan fingerprint density at radius 1 is 1.20 bits per heavy atom. The van der Waals surface area contributed by atoms with Gasteiger partial charge < -0.3 is 10.6 Å². The quantitative estimate of drug-likeness (QED) is 0.770. The number of aromatic nitrogens is 1. The molecule has 132 valence electrons. The molecule has 2 aromatic rings. The summed E-state index contributed by atoms with van der Waals surface area (Å²) in [7, 11) is 0. The Kier molecular flexibility index (Phi) is 6.46. The zero-order valence-electron chi connectivity index (χ0n) is 13.7. The lowest BCUT2D eigenvalue weighted by atomic mass is 10.1. The molecular formula is C17H17F2N3O2S. The fourth-order valence-corrected chi connectivity index (χ4v) is 2.66. The Hall–Kier alpha value is -2.48. The Bertz CT molecular complexity index is 784. The maximum atomic E-state index is 12.5. The van der Waals surface area contributed by atoms with E-state index < -0.39 is 17.6 Å². The summed E-state index contributed by atoms with van der Waals surface area (Å²) in [6.45, 7) is 3.53. The van der Waals surface area contributed by atoms with Gasteiger partial charge in [-0.2, -0.15) is 8.78 Å². The third-order valence-electron chi connectivity index (χ3n) is 3.50. The highest BCUT2D eigenvalue weighted by Gasteiger charge is 2.17. The summed E-state index contributed by atoms with van der Waals surface area (Å²) in [6, 6.07) is 8.37. The molecule has 0 spiro atoms. The first kappa shape index (κ1) is 18.9. The average Bonchev–Trinajstić information content (AvgIpc) is 2.57. The maximum Gasteiger partial charge on any atom is 0.290 e. The van der Waals surface area contributed by atoms with E-state index in [4.69, 9.17) is 0 Å². The zero-order chi connectivity index (χ0) is 18.4. The molecule has 0 atom stereocenters. The van der Waals surface area contributed by atoms with Crippen molar-refractivity contribution in [3.8, 4) is 0 Å². The summed E-state index contributed by atoms with van der Waals surface area (Å²) < 4.78 is 25.0. The number of thioether (sulfide) groups is 1. The highest BCUT2D eigenvalue weighted by Crippen LogP contribution is 2.26. The molecule has 1 aromatic heterocycles. The number of amides is 2. The van der Waals surface area contributed by atoms with Crippen molar-refractivity contribution in [3.05, 3.63) is 53.2 Å². The number of nitrogens with one attached hydrogen (secondary N) is 2. The third-order valence-corrected chi connectivity index (χ3v) is 4.23. The van der Waals surface area contributed by atoms with Gasteiger partial charge in [0.15, 0.2) is 0 Å². The van der Waals surface area contributed by atoms with E-state index in [-0.39, 0.29) is 28.9 Å². The van der Waals surface area contributed by atoms with Crippen LogP contribution in [0.1, 0.15) is 21.5 Å². The monoisotopic (exact) mass is 365 g/mol. The molecule has 8 heteroatoms. The second-order valence-corrected chi connectivity index (χ2v) is 6.19. The van der Waals surface area contributed by atoms with E-state index in [0.717, 1.165) is 11.1 Å². The fourth-order valence-electron chi connectivity index (χ4n) is 2.08. The van der Waals surface area contributed by atoms with Crippen molar-refractivity contribution in [1.29, 1.82) is 0 Å². The van der Waals surface area contributed by atoms with Crippen molar-refractivity contribution in [2.45, 2.75) is 24.6 Å². The molecular weight excluding hydrogens is 348 g/mol. The van der Waals surface area contributed by atoms with Crippen LogP contribution in [-0.4, -0.2) is 29.1 Å². The Labute approximate surface area is 148 Å². The molecule has 0 fully saturated rings. The molecule has 5 nitrogen and oxygen atoms in total. The van der Waals surface area contributed by atoms with E-state index in [2.05, 4.69) is 15.6 Å². The van der Waals surface area contributed by atoms with Crippen LogP contribution in [0, 0.1) is 13.8 Å². The molecule has 0 aliphatic heterocycles. The van der Waals surface area contributed by atoms with Gasteiger partial charge in [0.05, 0.1) is 12.1 Å². The van der Waals surface area contributed by atoms with Crippen LogP contribution in [0.4, 0.5) is 14.5 Å². The summed E-state index contributed by atoms with van der Waals surface area (Å²) in [5.74, 6) is -3.73. The lowest BCUT2D eigenvalue weighted by Crippen LogP contribution is -2.33. The summed E-state index contributed by atoms with van der Waals surface area (Å²) in [5, 5.41) is 5.05. The van der Waals surface area contributed by atoms with Gasteiger partial charge in [-0.05, 0) is 54.9 Å². The minimum absolute atomic E-state index is 0.00679. The van der Waals surface area contributed by atoms with Gasteiger partial charge in [0, 0.05) is 11.9 Å². The Morgan fingerprint density at radius 3 is 2.68 bits per heavy atom. The van der Waals surface area contributed by atoms with Gasteiger partial charge in [-0.15, -0.1) is 0 Å². The van der Waals surface area contributed by atoms with Gasteiger partial charge in [-0.25, -0.2) is 4.98 Å². The standard InChI is InChI=1S/C17H17F2N3O2S/c1-10-5-3-7-13(11(10)2)22-14(23)9-21-15(24)12-6-4-8-20-16(12)25-17(18)19/h3-8,17H,9H2,1-2H3,(H,21,24)(H,22,23). The van der Waals surface area contributed by atoms with Crippen LogP contribution in [0.25, 0.3) is 0 Å². The third kappa shape index (κ3) is 5.25. The fraction of sp³-hybridized carbons (Fsp3) is 0.235. The highest BCUT2D eigenvalue weighted by molar-refractivity contribution is 7.99. The Morgan fingerprint density at radius 2 is 1.96 bits per heavy atom. The van der Waals surface area contributed by atoms with Gasteiger partial charge in [0.1, 0.15) is 5.03 Å². The molecule has 0 saturated carbocycles. The topological polar surface area (TPSA) is 71.1 Å². The molecule has 0 saturated heterocycles.